The van der Waals surface area contributed by atoms with Gasteiger partial charge in [-0.1, -0.05) is 6.07 Å². The number of anilines is 3. The van der Waals surface area contributed by atoms with E-state index in [1.165, 1.54) is 30.5 Å². The van der Waals surface area contributed by atoms with E-state index in [2.05, 4.69) is 24.9 Å². The summed E-state index contributed by atoms with van der Waals surface area (Å²) in [4.78, 5) is 21.0. The third kappa shape index (κ3) is 4.13. The first-order valence-corrected chi connectivity index (χ1v) is 8.12. The van der Waals surface area contributed by atoms with Gasteiger partial charge < -0.3 is 10.6 Å². The van der Waals surface area contributed by atoms with E-state index in [4.69, 9.17) is 5.73 Å². The van der Waals surface area contributed by atoms with Gasteiger partial charge in [0.15, 0.2) is 5.82 Å². The maximum absolute atomic E-state index is 13.1. The summed E-state index contributed by atoms with van der Waals surface area (Å²) in [6, 6.07) is 5.84. The van der Waals surface area contributed by atoms with Crippen LogP contribution < -0.4 is 10.6 Å². The minimum absolute atomic E-state index is 0.0742. The largest absolute Gasteiger partial charge is 0.433 e. The number of halogens is 4. The van der Waals surface area contributed by atoms with Gasteiger partial charge in [0.2, 0.25) is 17.8 Å². The Balaban J connectivity index is 2.09. The van der Waals surface area contributed by atoms with Crippen molar-refractivity contribution in [2.24, 2.45) is 0 Å². The van der Waals surface area contributed by atoms with Crippen LogP contribution >= 0.6 is 0 Å². The van der Waals surface area contributed by atoms with Gasteiger partial charge in [-0.25, -0.2) is 9.97 Å². The Kier molecular flexibility index (Phi) is 5.08. The van der Waals surface area contributed by atoms with Crippen molar-refractivity contribution in [3.8, 4) is 11.5 Å². The number of nitrogen functional groups attached to an aromatic ring is 1. The number of pyridine rings is 2. The summed E-state index contributed by atoms with van der Waals surface area (Å²) in [5, 5.41) is 0. The quantitative estimate of drug-likeness (QED) is 0.534. The van der Waals surface area contributed by atoms with Crippen molar-refractivity contribution in [1.82, 2.24) is 24.9 Å². The van der Waals surface area contributed by atoms with Crippen molar-refractivity contribution >= 4 is 17.6 Å². The predicted octanol–water partition coefficient (Wildman–Crippen LogP) is 3.62. The van der Waals surface area contributed by atoms with Crippen molar-refractivity contribution in [2.45, 2.75) is 26.1 Å². The third-order valence-corrected chi connectivity index (χ3v) is 3.63. The third-order valence-electron chi connectivity index (χ3n) is 3.63. The summed E-state index contributed by atoms with van der Waals surface area (Å²) in [5.74, 6) is -0.893. The molecule has 146 valence electrons. The van der Waals surface area contributed by atoms with E-state index >= 15 is 0 Å². The molecule has 0 aliphatic carbocycles. The number of alkyl halides is 3. The molecule has 0 amide bonds. The van der Waals surface area contributed by atoms with Gasteiger partial charge in [-0.05, 0) is 38.1 Å². The zero-order chi connectivity index (χ0) is 20.5. The Morgan fingerprint density at radius 1 is 1.00 bits per heavy atom. The lowest BCUT2D eigenvalue weighted by Crippen LogP contribution is -2.28. The zero-order valence-corrected chi connectivity index (χ0v) is 14.8. The first-order chi connectivity index (χ1) is 13.1. The normalized spacial score (nSPS) is 11.7. The molecule has 2 N–H and O–H groups in total. The molecule has 0 bridgehead atoms. The number of rotatable bonds is 4. The standard InChI is InChI=1S/C17H15F4N7/c1-9(2)28(10-6-7-13(18)23-8-10)16-26-14(25-15(22)27-16)11-4-3-5-12(24-11)17(19,20)21/h3-9H,1-2H3,(H2,22,25,26,27). The van der Waals surface area contributed by atoms with Crippen LogP contribution in [0.4, 0.5) is 35.1 Å². The number of hydrogen-bond donors (Lipinski definition) is 1. The van der Waals surface area contributed by atoms with Gasteiger partial charge >= 0.3 is 6.18 Å². The van der Waals surface area contributed by atoms with E-state index in [9.17, 15) is 17.6 Å². The summed E-state index contributed by atoms with van der Waals surface area (Å²) in [6.07, 6.45) is -3.32. The first-order valence-electron chi connectivity index (χ1n) is 8.12. The Morgan fingerprint density at radius 3 is 2.36 bits per heavy atom. The number of hydrogen-bond acceptors (Lipinski definition) is 7. The van der Waals surface area contributed by atoms with Crippen LogP contribution in [-0.2, 0) is 6.18 Å². The Hall–Kier alpha value is -3.37. The van der Waals surface area contributed by atoms with Crippen molar-refractivity contribution < 1.29 is 17.6 Å². The van der Waals surface area contributed by atoms with Gasteiger partial charge in [0, 0.05) is 6.04 Å². The van der Waals surface area contributed by atoms with E-state index in [0.717, 1.165) is 6.07 Å². The summed E-state index contributed by atoms with van der Waals surface area (Å²) in [6.45, 7) is 3.65. The number of aromatic nitrogens is 5. The van der Waals surface area contributed by atoms with Crippen molar-refractivity contribution in [1.29, 1.82) is 0 Å². The highest BCUT2D eigenvalue weighted by molar-refractivity contribution is 5.61. The second-order valence-corrected chi connectivity index (χ2v) is 6.03. The maximum atomic E-state index is 13.1. The molecule has 0 fully saturated rings. The van der Waals surface area contributed by atoms with Crippen LogP contribution in [0.2, 0.25) is 0 Å². The molecule has 0 aliphatic rings. The summed E-state index contributed by atoms with van der Waals surface area (Å²) < 4.78 is 52.0. The average molecular weight is 393 g/mol. The van der Waals surface area contributed by atoms with Gasteiger partial charge in [0.05, 0.1) is 11.9 Å². The summed E-state index contributed by atoms with van der Waals surface area (Å²) >= 11 is 0. The van der Waals surface area contributed by atoms with Crippen LogP contribution in [0.25, 0.3) is 11.5 Å². The molecule has 0 aromatic carbocycles. The summed E-state index contributed by atoms with van der Waals surface area (Å²) in [7, 11) is 0. The number of nitrogens with two attached hydrogens (primary N) is 1. The monoisotopic (exact) mass is 393 g/mol. The molecule has 0 aliphatic heterocycles. The first kappa shape index (κ1) is 19.4. The molecule has 7 nitrogen and oxygen atoms in total. The molecule has 0 saturated carbocycles. The average Bonchev–Trinajstić information content (AvgIpc) is 2.62. The molecule has 3 aromatic rings. The second kappa shape index (κ2) is 7.33. The van der Waals surface area contributed by atoms with Crippen molar-refractivity contribution in [3.05, 3.63) is 48.2 Å². The maximum Gasteiger partial charge on any atom is 0.433 e. The van der Waals surface area contributed by atoms with Crippen LogP contribution in [-0.4, -0.2) is 31.0 Å². The van der Waals surface area contributed by atoms with Gasteiger partial charge in [-0.2, -0.15) is 32.5 Å². The van der Waals surface area contributed by atoms with Gasteiger partial charge in [0.25, 0.3) is 0 Å². The Labute approximate surface area is 157 Å². The lowest BCUT2D eigenvalue weighted by Gasteiger charge is -2.26. The van der Waals surface area contributed by atoms with Crippen LogP contribution in [0.1, 0.15) is 19.5 Å². The SMILES string of the molecule is CC(C)N(c1ccc(F)nc1)c1nc(N)nc(-c2cccc(C(F)(F)F)n2)n1. The lowest BCUT2D eigenvalue weighted by molar-refractivity contribution is -0.141. The molecule has 28 heavy (non-hydrogen) atoms. The Morgan fingerprint density at radius 2 is 1.75 bits per heavy atom. The van der Waals surface area contributed by atoms with Crippen LogP contribution in [0.3, 0.4) is 0 Å². The van der Waals surface area contributed by atoms with Crippen molar-refractivity contribution in [3.63, 3.8) is 0 Å². The molecule has 3 rings (SSSR count). The minimum Gasteiger partial charge on any atom is -0.368 e. The summed E-state index contributed by atoms with van der Waals surface area (Å²) in [5.41, 5.74) is 5.04. The molecular formula is C17H15F4N7. The van der Waals surface area contributed by atoms with Crippen LogP contribution in [0, 0.1) is 5.95 Å². The lowest BCUT2D eigenvalue weighted by atomic mass is 10.2. The van der Waals surface area contributed by atoms with E-state index in [1.807, 2.05) is 13.8 Å². The fourth-order valence-corrected chi connectivity index (χ4v) is 2.48. The highest BCUT2D eigenvalue weighted by Crippen LogP contribution is 2.30. The molecule has 0 radical (unpaired) electrons. The van der Waals surface area contributed by atoms with E-state index in [0.29, 0.717) is 5.69 Å². The fourth-order valence-electron chi connectivity index (χ4n) is 2.48. The molecule has 0 spiro atoms. The van der Waals surface area contributed by atoms with Crippen molar-refractivity contribution in [2.75, 3.05) is 10.6 Å². The molecule has 3 heterocycles. The van der Waals surface area contributed by atoms with E-state index in [1.54, 1.807) is 4.90 Å². The van der Waals surface area contributed by atoms with Gasteiger partial charge in [-0.15, -0.1) is 0 Å². The molecule has 0 unspecified atom stereocenters. The minimum atomic E-state index is -4.61. The van der Waals surface area contributed by atoms with Gasteiger partial charge in [0.1, 0.15) is 11.4 Å². The molecule has 11 heteroatoms. The highest BCUT2D eigenvalue weighted by Gasteiger charge is 2.32. The topological polar surface area (TPSA) is 93.7 Å². The van der Waals surface area contributed by atoms with Gasteiger partial charge in [-0.3, -0.25) is 0 Å². The highest BCUT2D eigenvalue weighted by atomic mass is 19.4. The Bertz CT molecular complexity index is 974. The smallest absolute Gasteiger partial charge is 0.368 e. The van der Waals surface area contributed by atoms with E-state index in [-0.39, 0.29) is 29.5 Å². The number of nitrogens with zero attached hydrogens (tertiary/aromatic N) is 6. The molecular weight excluding hydrogens is 378 g/mol. The van der Waals surface area contributed by atoms with Crippen LogP contribution in [0.15, 0.2) is 36.5 Å². The second-order valence-electron chi connectivity index (χ2n) is 6.03. The predicted molar refractivity (Wildman–Crippen MR) is 93.9 cm³/mol. The molecule has 0 saturated heterocycles. The molecule has 0 atom stereocenters. The fraction of sp³-hybridized carbons (Fsp3) is 0.235. The van der Waals surface area contributed by atoms with Crippen LogP contribution in [0.5, 0.6) is 0 Å². The zero-order valence-electron chi connectivity index (χ0n) is 14.8. The van der Waals surface area contributed by atoms with E-state index < -0.39 is 17.8 Å². The molecule has 3 aromatic heterocycles.